The topological polar surface area (TPSA) is 67.2 Å². The van der Waals surface area contributed by atoms with E-state index in [-0.39, 0.29) is 18.3 Å². The van der Waals surface area contributed by atoms with E-state index in [0.717, 1.165) is 36.7 Å². The number of hydrogen-bond acceptors (Lipinski definition) is 4. The lowest BCUT2D eigenvalue weighted by atomic mass is 9.97. The second-order valence-electron chi connectivity index (χ2n) is 5.94. The highest BCUT2D eigenvalue weighted by molar-refractivity contribution is 5.91. The lowest BCUT2D eigenvalue weighted by Crippen LogP contribution is -2.14. The molecule has 3 rings (SSSR count). The third kappa shape index (κ3) is 5.08. The number of aryl methyl sites for hydroxylation is 1. The Bertz CT molecular complexity index is 634. The van der Waals surface area contributed by atoms with Crippen LogP contribution in [0, 0.1) is 12.8 Å². The standard InChI is InChI=1S/C17H21N3O2.ClH/c1-12-8-17(22-20-12)19-16(21)10-14-4-2-13(3-5-14)9-15-6-7-18-11-15;/h2-5,8,15,18H,6-7,9-11H2,1H3,(H,19,21);1H. The van der Waals surface area contributed by atoms with E-state index in [1.807, 2.05) is 19.1 Å². The fraction of sp³-hybridized carbons (Fsp3) is 0.412. The Balaban J connectivity index is 0.00000192. The zero-order valence-corrected chi connectivity index (χ0v) is 14.0. The molecule has 1 saturated heterocycles. The van der Waals surface area contributed by atoms with Crippen LogP contribution >= 0.6 is 12.4 Å². The number of carbonyl (C=O) groups is 1. The fourth-order valence-electron chi connectivity index (χ4n) is 2.80. The van der Waals surface area contributed by atoms with Gasteiger partial charge in [-0.3, -0.25) is 10.1 Å². The normalized spacial score (nSPS) is 16.8. The number of amides is 1. The minimum Gasteiger partial charge on any atom is -0.338 e. The van der Waals surface area contributed by atoms with E-state index in [2.05, 4.69) is 27.9 Å². The maximum atomic E-state index is 11.9. The molecule has 0 bridgehead atoms. The van der Waals surface area contributed by atoms with Crippen molar-refractivity contribution < 1.29 is 9.32 Å². The number of anilines is 1. The highest BCUT2D eigenvalue weighted by Gasteiger charge is 2.14. The van der Waals surface area contributed by atoms with E-state index in [9.17, 15) is 4.79 Å². The van der Waals surface area contributed by atoms with Crippen molar-refractivity contribution in [2.45, 2.75) is 26.2 Å². The summed E-state index contributed by atoms with van der Waals surface area (Å²) in [5, 5.41) is 9.84. The molecule has 0 radical (unpaired) electrons. The van der Waals surface area contributed by atoms with Crippen molar-refractivity contribution in [3.63, 3.8) is 0 Å². The molecule has 0 saturated carbocycles. The second-order valence-corrected chi connectivity index (χ2v) is 5.94. The lowest BCUT2D eigenvalue weighted by Gasteiger charge is -2.09. The van der Waals surface area contributed by atoms with E-state index in [1.54, 1.807) is 6.07 Å². The van der Waals surface area contributed by atoms with Gasteiger partial charge in [0, 0.05) is 6.07 Å². The highest BCUT2D eigenvalue weighted by atomic mass is 35.5. The summed E-state index contributed by atoms with van der Waals surface area (Å²) in [5.74, 6) is 1.04. The molecule has 1 aliphatic heterocycles. The van der Waals surface area contributed by atoms with Crippen LogP contribution in [0.15, 0.2) is 34.9 Å². The molecule has 23 heavy (non-hydrogen) atoms. The van der Waals surface area contributed by atoms with Gasteiger partial charge in [-0.25, -0.2) is 0 Å². The molecule has 2 aromatic rings. The molecule has 1 aromatic carbocycles. The largest absolute Gasteiger partial charge is 0.338 e. The summed E-state index contributed by atoms with van der Waals surface area (Å²) >= 11 is 0. The number of rotatable bonds is 5. The lowest BCUT2D eigenvalue weighted by molar-refractivity contribution is -0.115. The first kappa shape index (κ1) is 17.5. The average Bonchev–Trinajstić information content (AvgIpc) is 3.13. The molecule has 1 atom stereocenters. The van der Waals surface area contributed by atoms with E-state index < -0.39 is 0 Å². The van der Waals surface area contributed by atoms with Crippen LogP contribution < -0.4 is 10.6 Å². The molecule has 6 heteroatoms. The van der Waals surface area contributed by atoms with Gasteiger partial charge >= 0.3 is 0 Å². The summed E-state index contributed by atoms with van der Waals surface area (Å²) < 4.78 is 4.98. The smallest absolute Gasteiger partial charge is 0.231 e. The number of benzene rings is 1. The van der Waals surface area contributed by atoms with Crippen LogP contribution in [0.1, 0.15) is 23.2 Å². The van der Waals surface area contributed by atoms with E-state index in [4.69, 9.17) is 4.52 Å². The Labute approximate surface area is 142 Å². The van der Waals surface area contributed by atoms with Crippen LogP contribution in [0.3, 0.4) is 0 Å². The van der Waals surface area contributed by atoms with Gasteiger partial charge in [-0.1, -0.05) is 29.4 Å². The third-order valence-corrected chi connectivity index (χ3v) is 3.96. The molecule has 2 heterocycles. The second kappa shape index (κ2) is 8.13. The van der Waals surface area contributed by atoms with Crippen molar-refractivity contribution in [1.82, 2.24) is 10.5 Å². The molecular weight excluding hydrogens is 314 g/mol. The van der Waals surface area contributed by atoms with Gasteiger partial charge in [0.25, 0.3) is 0 Å². The summed E-state index contributed by atoms with van der Waals surface area (Å²) in [6.07, 6.45) is 2.70. The molecule has 1 amide bonds. The maximum absolute atomic E-state index is 11.9. The van der Waals surface area contributed by atoms with E-state index in [1.165, 1.54) is 12.0 Å². The fourth-order valence-corrected chi connectivity index (χ4v) is 2.80. The van der Waals surface area contributed by atoms with E-state index in [0.29, 0.717) is 12.3 Å². The number of nitrogens with one attached hydrogen (secondary N) is 2. The minimum atomic E-state index is -0.0936. The summed E-state index contributed by atoms with van der Waals surface area (Å²) in [4.78, 5) is 11.9. The van der Waals surface area contributed by atoms with Crippen molar-refractivity contribution in [3.05, 3.63) is 47.2 Å². The van der Waals surface area contributed by atoms with Gasteiger partial charge < -0.3 is 9.84 Å². The molecule has 0 aliphatic carbocycles. The van der Waals surface area contributed by atoms with Crippen LogP contribution in [-0.2, 0) is 17.6 Å². The van der Waals surface area contributed by atoms with Gasteiger partial charge in [0.2, 0.25) is 11.8 Å². The van der Waals surface area contributed by atoms with E-state index >= 15 is 0 Å². The van der Waals surface area contributed by atoms with Crippen molar-refractivity contribution in [2.24, 2.45) is 5.92 Å². The summed E-state index contributed by atoms with van der Waals surface area (Å²) in [6.45, 7) is 4.06. The van der Waals surface area contributed by atoms with Crippen LogP contribution in [0.2, 0.25) is 0 Å². The molecular formula is C17H22ClN3O2. The quantitative estimate of drug-likeness (QED) is 0.881. The summed E-state index contributed by atoms with van der Waals surface area (Å²) in [5.41, 5.74) is 3.09. The zero-order chi connectivity index (χ0) is 15.4. The predicted molar refractivity (Wildman–Crippen MR) is 91.9 cm³/mol. The summed E-state index contributed by atoms with van der Waals surface area (Å²) in [7, 11) is 0. The average molecular weight is 336 g/mol. The summed E-state index contributed by atoms with van der Waals surface area (Å²) in [6, 6.07) is 10.0. The van der Waals surface area contributed by atoms with Gasteiger partial charge in [0.15, 0.2) is 0 Å². The zero-order valence-electron chi connectivity index (χ0n) is 13.2. The van der Waals surface area contributed by atoms with Gasteiger partial charge in [-0.2, -0.15) is 0 Å². The Morgan fingerprint density at radius 3 is 2.70 bits per heavy atom. The molecule has 1 unspecified atom stereocenters. The van der Waals surface area contributed by atoms with Crippen molar-refractivity contribution in [2.75, 3.05) is 18.4 Å². The van der Waals surface area contributed by atoms with Gasteiger partial charge in [0.05, 0.1) is 12.1 Å². The monoisotopic (exact) mass is 335 g/mol. The van der Waals surface area contributed by atoms with Crippen LogP contribution in [0.5, 0.6) is 0 Å². The Kier molecular flexibility index (Phi) is 6.19. The molecule has 2 N–H and O–H groups in total. The Morgan fingerprint density at radius 2 is 2.09 bits per heavy atom. The first-order valence-electron chi connectivity index (χ1n) is 7.71. The molecule has 1 aliphatic rings. The van der Waals surface area contributed by atoms with Crippen LogP contribution in [-0.4, -0.2) is 24.2 Å². The number of nitrogens with zero attached hydrogens (tertiary/aromatic N) is 1. The molecule has 124 valence electrons. The van der Waals surface area contributed by atoms with Gasteiger partial charge in [-0.05, 0) is 49.9 Å². The minimum absolute atomic E-state index is 0. The van der Waals surface area contributed by atoms with Gasteiger partial charge in [0.1, 0.15) is 0 Å². The highest BCUT2D eigenvalue weighted by Crippen LogP contribution is 2.16. The maximum Gasteiger partial charge on any atom is 0.231 e. The first-order valence-corrected chi connectivity index (χ1v) is 7.71. The first-order chi connectivity index (χ1) is 10.7. The number of hydrogen-bond donors (Lipinski definition) is 2. The molecule has 1 aromatic heterocycles. The Morgan fingerprint density at radius 1 is 1.35 bits per heavy atom. The number of carbonyl (C=O) groups excluding carboxylic acids is 1. The van der Waals surface area contributed by atoms with Crippen LogP contribution in [0.4, 0.5) is 5.88 Å². The third-order valence-electron chi connectivity index (χ3n) is 3.96. The number of aromatic nitrogens is 1. The number of halogens is 1. The predicted octanol–water partition coefficient (Wildman–Crippen LogP) is 2.74. The van der Waals surface area contributed by atoms with Gasteiger partial charge in [-0.15, -0.1) is 12.4 Å². The van der Waals surface area contributed by atoms with Crippen molar-refractivity contribution >= 4 is 24.2 Å². The van der Waals surface area contributed by atoms with Crippen molar-refractivity contribution in [3.8, 4) is 0 Å². The molecule has 0 spiro atoms. The molecule has 1 fully saturated rings. The van der Waals surface area contributed by atoms with Crippen LogP contribution in [0.25, 0.3) is 0 Å². The Hall–Kier alpha value is -1.85. The molecule has 5 nitrogen and oxygen atoms in total. The van der Waals surface area contributed by atoms with Crippen molar-refractivity contribution in [1.29, 1.82) is 0 Å². The SMILES string of the molecule is Cc1cc(NC(=O)Cc2ccc(CC3CCNC3)cc2)on1.Cl.